The number of aryl methyl sites for hydroxylation is 3. The van der Waals surface area contributed by atoms with E-state index in [4.69, 9.17) is 4.98 Å². The van der Waals surface area contributed by atoms with Crippen LogP contribution >= 0.6 is 11.3 Å². The lowest BCUT2D eigenvalue weighted by molar-refractivity contribution is -0.123. The molecule has 0 radical (unpaired) electrons. The van der Waals surface area contributed by atoms with E-state index in [0.717, 1.165) is 49.8 Å². The average molecular weight is 460 g/mol. The first-order valence-corrected chi connectivity index (χ1v) is 13.2. The summed E-state index contributed by atoms with van der Waals surface area (Å²) in [5.74, 6) is -0.207. The van der Waals surface area contributed by atoms with Gasteiger partial charge >= 0.3 is 0 Å². The summed E-state index contributed by atoms with van der Waals surface area (Å²) in [6.45, 7) is 6.40. The fourth-order valence-corrected chi connectivity index (χ4v) is 7.12. The predicted molar refractivity (Wildman–Crippen MR) is 124 cm³/mol. The molecule has 1 fully saturated rings. The Morgan fingerprint density at radius 1 is 1.23 bits per heavy atom. The van der Waals surface area contributed by atoms with E-state index in [-0.39, 0.29) is 10.8 Å². The second kappa shape index (κ2) is 9.22. The Hall–Kier alpha value is -2.03. The molecule has 0 bridgehead atoms. The summed E-state index contributed by atoms with van der Waals surface area (Å²) < 4.78 is 28.2. The highest BCUT2D eigenvalue weighted by atomic mass is 32.2. The predicted octanol–water partition coefficient (Wildman–Crippen LogP) is 4.09. The van der Waals surface area contributed by atoms with Gasteiger partial charge in [0.1, 0.15) is 6.04 Å². The van der Waals surface area contributed by atoms with Gasteiger partial charge in [0, 0.05) is 18.0 Å². The van der Waals surface area contributed by atoms with Crippen molar-refractivity contribution in [2.75, 3.05) is 18.0 Å². The van der Waals surface area contributed by atoms with Crippen molar-refractivity contribution in [3.05, 3.63) is 53.1 Å². The Bertz CT molecular complexity index is 1040. The minimum Gasteiger partial charge on any atom is -0.283 e. The van der Waals surface area contributed by atoms with Crippen LogP contribution in [0.4, 0.5) is 5.13 Å². The highest BCUT2D eigenvalue weighted by Gasteiger charge is 2.40. The van der Waals surface area contributed by atoms with Crippen molar-refractivity contribution in [1.29, 1.82) is 0 Å². The molecule has 1 aliphatic carbocycles. The summed E-state index contributed by atoms with van der Waals surface area (Å²) >= 11 is 1.56. The lowest BCUT2D eigenvalue weighted by Gasteiger charge is -2.36. The number of piperidine rings is 1. The molecule has 1 atom stereocenters. The number of hydrogen-bond acceptors (Lipinski definition) is 5. The highest BCUT2D eigenvalue weighted by molar-refractivity contribution is 7.89. The van der Waals surface area contributed by atoms with Gasteiger partial charge in [0.25, 0.3) is 0 Å². The van der Waals surface area contributed by atoms with Crippen molar-refractivity contribution in [3.8, 4) is 0 Å². The molecule has 8 heteroatoms. The molecule has 0 unspecified atom stereocenters. The van der Waals surface area contributed by atoms with Crippen LogP contribution in [-0.2, 0) is 27.7 Å². The molecule has 1 saturated heterocycles. The third-order valence-corrected chi connectivity index (χ3v) is 9.11. The first kappa shape index (κ1) is 22.2. The first-order chi connectivity index (χ1) is 14.9. The number of fused-ring (bicyclic) bond motifs is 1. The Morgan fingerprint density at radius 3 is 2.68 bits per heavy atom. The van der Waals surface area contributed by atoms with Crippen LogP contribution in [-0.4, -0.2) is 42.7 Å². The zero-order valence-corrected chi connectivity index (χ0v) is 19.6. The van der Waals surface area contributed by atoms with Gasteiger partial charge in [-0.25, -0.2) is 13.4 Å². The summed E-state index contributed by atoms with van der Waals surface area (Å²) in [5.41, 5.74) is 2.08. The molecule has 1 aromatic carbocycles. The standard InChI is InChI=1S/C23H29N3O3S2/c1-3-15-25(23-24-19-8-4-5-10-21(19)30-23)22(27)20-9-6-7-16-26(20)31(28,29)18-13-11-17(2)12-14-18/h3,11-14,20H,1,4-10,15-16H2,2H3/t20-/m1/s1. The second-order valence-electron chi connectivity index (χ2n) is 8.25. The van der Waals surface area contributed by atoms with Gasteiger partial charge in [-0.3, -0.25) is 9.69 Å². The first-order valence-electron chi connectivity index (χ1n) is 10.9. The van der Waals surface area contributed by atoms with Gasteiger partial charge in [-0.2, -0.15) is 4.31 Å². The number of anilines is 1. The molecule has 6 nitrogen and oxygen atoms in total. The number of hydrogen-bond donors (Lipinski definition) is 0. The van der Waals surface area contributed by atoms with Gasteiger partial charge in [0.2, 0.25) is 15.9 Å². The highest BCUT2D eigenvalue weighted by Crippen LogP contribution is 2.34. The summed E-state index contributed by atoms with van der Waals surface area (Å²) in [5, 5.41) is 0.662. The van der Waals surface area contributed by atoms with Gasteiger partial charge in [-0.1, -0.05) is 30.2 Å². The minimum absolute atomic E-state index is 0.207. The number of carbonyl (C=O) groups is 1. The van der Waals surface area contributed by atoms with Crippen molar-refractivity contribution in [2.45, 2.75) is 62.8 Å². The number of carbonyl (C=O) groups excluding carboxylic acids is 1. The van der Waals surface area contributed by atoms with Gasteiger partial charge in [0.15, 0.2) is 5.13 Å². The molecule has 0 spiro atoms. The number of amides is 1. The maximum absolute atomic E-state index is 13.7. The monoisotopic (exact) mass is 459 g/mol. The van der Waals surface area contributed by atoms with Crippen LogP contribution in [0.2, 0.25) is 0 Å². The maximum atomic E-state index is 13.7. The zero-order chi connectivity index (χ0) is 22.0. The molecule has 4 rings (SSSR count). The number of aromatic nitrogens is 1. The van der Waals surface area contributed by atoms with Gasteiger partial charge in [-0.05, 0) is 57.6 Å². The Balaban J connectivity index is 1.65. The molecular formula is C23H29N3O3S2. The van der Waals surface area contributed by atoms with Crippen molar-refractivity contribution < 1.29 is 13.2 Å². The lowest BCUT2D eigenvalue weighted by Crippen LogP contribution is -2.53. The molecule has 0 N–H and O–H groups in total. The molecule has 2 aromatic rings. The molecule has 2 heterocycles. The summed E-state index contributed by atoms with van der Waals surface area (Å²) in [4.78, 5) is 21.5. The molecule has 0 saturated carbocycles. The average Bonchev–Trinajstić information content (AvgIpc) is 3.21. The van der Waals surface area contributed by atoms with Crippen LogP contribution in [0.25, 0.3) is 0 Å². The minimum atomic E-state index is -3.76. The van der Waals surface area contributed by atoms with E-state index in [1.54, 1.807) is 46.6 Å². The van der Waals surface area contributed by atoms with Crippen molar-refractivity contribution >= 4 is 32.4 Å². The number of nitrogens with zero attached hydrogens (tertiary/aromatic N) is 3. The van der Waals surface area contributed by atoms with Gasteiger partial charge in [0.05, 0.1) is 10.6 Å². The quantitative estimate of drug-likeness (QED) is 0.610. The number of thiazole rings is 1. The third-order valence-electron chi connectivity index (χ3n) is 6.01. The van der Waals surface area contributed by atoms with Crippen LogP contribution in [0.1, 0.15) is 48.2 Å². The largest absolute Gasteiger partial charge is 0.283 e. The Labute approximate surface area is 188 Å². The van der Waals surface area contributed by atoms with Crippen LogP contribution in [0.5, 0.6) is 0 Å². The van der Waals surface area contributed by atoms with Crippen LogP contribution < -0.4 is 4.90 Å². The van der Waals surface area contributed by atoms with E-state index >= 15 is 0 Å². The van der Waals surface area contributed by atoms with Crippen molar-refractivity contribution in [2.24, 2.45) is 0 Å². The molecule has 1 aromatic heterocycles. The van der Waals surface area contributed by atoms with E-state index in [1.165, 1.54) is 9.18 Å². The molecule has 31 heavy (non-hydrogen) atoms. The van der Waals surface area contributed by atoms with E-state index in [9.17, 15) is 13.2 Å². The topological polar surface area (TPSA) is 70.6 Å². The van der Waals surface area contributed by atoms with E-state index in [0.29, 0.717) is 24.6 Å². The van der Waals surface area contributed by atoms with Crippen molar-refractivity contribution in [3.63, 3.8) is 0 Å². The number of benzene rings is 1. The number of rotatable bonds is 6. The summed E-state index contributed by atoms with van der Waals surface area (Å²) in [6, 6.07) is 6.10. The SMILES string of the molecule is C=CCN(C(=O)[C@H]1CCCCN1S(=O)(=O)c1ccc(C)cc1)c1nc2c(s1)CCCC2. The molecular weight excluding hydrogens is 430 g/mol. The van der Waals surface area contributed by atoms with E-state index < -0.39 is 16.1 Å². The fraction of sp³-hybridized carbons (Fsp3) is 0.478. The lowest BCUT2D eigenvalue weighted by atomic mass is 10.0. The molecule has 1 amide bonds. The smallest absolute Gasteiger partial charge is 0.247 e. The second-order valence-corrected chi connectivity index (χ2v) is 11.2. The fourth-order valence-electron chi connectivity index (χ4n) is 4.31. The molecule has 2 aliphatic rings. The summed E-state index contributed by atoms with van der Waals surface area (Å²) in [7, 11) is -3.76. The number of sulfonamides is 1. The van der Waals surface area contributed by atoms with Crippen molar-refractivity contribution in [1.82, 2.24) is 9.29 Å². The third kappa shape index (κ3) is 4.47. The Morgan fingerprint density at radius 2 is 1.97 bits per heavy atom. The van der Waals surface area contributed by atoms with Gasteiger partial charge in [-0.15, -0.1) is 17.9 Å². The van der Waals surface area contributed by atoms with Crippen LogP contribution in [0.3, 0.4) is 0 Å². The van der Waals surface area contributed by atoms with Crippen LogP contribution in [0, 0.1) is 6.92 Å². The Kier molecular flexibility index (Phi) is 6.60. The molecule has 1 aliphatic heterocycles. The van der Waals surface area contributed by atoms with E-state index in [2.05, 4.69) is 6.58 Å². The van der Waals surface area contributed by atoms with Crippen LogP contribution in [0.15, 0.2) is 41.8 Å². The molecule has 166 valence electrons. The zero-order valence-electron chi connectivity index (χ0n) is 17.9. The van der Waals surface area contributed by atoms with E-state index in [1.807, 2.05) is 6.92 Å². The normalized spacial score (nSPS) is 19.6. The maximum Gasteiger partial charge on any atom is 0.247 e. The summed E-state index contributed by atoms with van der Waals surface area (Å²) in [6.07, 6.45) is 7.99. The van der Waals surface area contributed by atoms with Gasteiger partial charge < -0.3 is 0 Å².